The number of rotatable bonds is 4. The van der Waals surface area contributed by atoms with Gasteiger partial charge in [0.2, 0.25) is 0 Å². The van der Waals surface area contributed by atoms with Gasteiger partial charge in [0.25, 0.3) is 0 Å². The van der Waals surface area contributed by atoms with Gasteiger partial charge in [0.05, 0.1) is 7.11 Å². The second kappa shape index (κ2) is 5.93. The average molecular weight is 262 g/mol. The van der Waals surface area contributed by atoms with Crippen LogP contribution in [-0.4, -0.2) is 31.6 Å². The van der Waals surface area contributed by atoms with Crippen LogP contribution in [0.2, 0.25) is 0 Å². The van der Waals surface area contributed by atoms with Gasteiger partial charge in [-0.1, -0.05) is 26.0 Å². The maximum atomic E-state index is 6.32. The summed E-state index contributed by atoms with van der Waals surface area (Å²) in [5.74, 6) is 0.884. The Bertz CT molecular complexity index is 400. The van der Waals surface area contributed by atoms with Gasteiger partial charge in [0.15, 0.2) is 0 Å². The van der Waals surface area contributed by atoms with Crippen LogP contribution in [-0.2, 0) is 0 Å². The van der Waals surface area contributed by atoms with E-state index in [-0.39, 0.29) is 6.04 Å². The van der Waals surface area contributed by atoms with E-state index in [4.69, 9.17) is 10.5 Å². The Morgan fingerprint density at radius 3 is 2.58 bits per heavy atom. The standard InChI is InChI=1S/C16H26N2O/c1-16(2)9-4-10-18(12-16)11-15(17)13-5-7-14(19-3)8-6-13/h5-8,15H,4,9-12,17H2,1-3H3. The van der Waals surface area contributed by atoms with Crippen LogP contribution in [0.1, 0.15) is 38.3 Å². The normalized spacial score (nSPS) is 21.1. The molecule has 1 fully saturated rings. The first kappa shape index (κ1) is 14.4. The number of methoxy groups -OCH3 is 1. The van der Waals surface area contributed by atoms with Gasteiger partial charge >= 0.3 is 0 Å². The summed E-state index contributed by atoms with van der Waals surface area (Å²) in [6.45, 7) is 7.95. The van der Waals surface area contributed by atoms with Crippen molar-refractivity contribution in [2.75, 3.05) is 26.7 Å². The number of ether oxygens (including phenoxy) is 1. The molecule has 0 bridgehead atoms. The summed E-state index contributed by atoms with van der Waals surface area (Å²) >= 11 is 0. The third-order valence-corrected chi connectivity index (χ3v) is 3.98. The van der Waals surface area contributed by atoms with Crippen LogP contribution < -0.4 is 10.5 Å². The van der Waals surface area contributed by atoms with E-state index < -0.39 is 0 Å². The van der Waals surface area contributed by atoms with Crippen LogP contribution in [0, 0.1) is 5.41 Å². The number of piperidine rings is 1. The first-order valence-corrected chi connectivity index (χ1v) is 7.12. The molecule has 1 atom stereocenters. The van der Waals surface area contributed by atoms with Gasteiger partial charge in [-0.05, 0) is 42.5 Å². The third-order valence-electron chi connectivity index (χ3n) is 3.98. The Morgan fingerprint density at radius 1 is 1.32 bits per heavy atom. The molecular weight excluding hydrogens is 236 g/mol. The number of hydrogen-bond acceptors (Lipinski definition) is 3. The summed E-state index contributed by atoms with van der Waals surface area (Å²) in [6.07, 6.45) is 2.60. The molecule has 2 rings (SSSR count). The Hall–Kier alpha value is -1.06. The lowest BCUT2D eigenvalue weighted by molar-refractivity contribution is 0.112. The van der Waals surface area contributed by atoms with E-state index in [0.717, 1.165) is 18.8 Å². The van der Waals surface area contributed by atoms with Crippen molar-refractivity contribution in [1.82, 2.24) is 4.90 Å². The van der Waals surface area contributed by atoms with Crippen molar-refractivity contribution in [3.05, 3.63) is 29.8 Å². The zero-order chi connectivity index (χ0) is 13.9. The van der Waals surface area contributed by atoms with E-state index in [2.05, 4.69) is 30.9 Å². The van der Waals surface area contributed by atoms with Gasteiger partial charge in [-0.3, -0.25) is 0 Å². The first-order valence-electron chi connectivity index (χ1n) is 7.12. The largest absolute Gasteiger partial charge is 0.497 e. The van der Waals surface area contributed by atoms with Crippen LogP contribution in [0.4, 0.5) is 0 Å². The fourth-order valence-corrected chi connectivity index (χ4v) is 2.94. The van der Waals surface area contributed by atoms with Crippen LogP contribution in [0.5, 0.6) is 5.75 Å². The highest BCUT2D eigenvalue weighted by Gasteiger charge is 2.27. The fourth-order valence-electron chi connectivity index (χ4n) is 2.94. The zero-order valence-corrected chi connectivity index (χ0v) is 12.4. The molecular formula is C16H26N2O. The molecule has 1 heterocycles. The fraction of sp³-hybridized carbons (Fsp3) is 0.625. The maximum Gasteiger partial charge on any atom is 0.118 e. The second-order valence-corrected chi connectivity index (χ2v) is 6.38. The summed E-state index contributed by atoms with van der Waals surface area (Å²) in [4.78, 5) is 2.50. The highest BCUT2D eigenvalue weighted by molar-refractivity contribution is 5.29. The minimum absolute atomic E-state index is 0.0832. The predicted octanol–water partition coefficient (Wildman–Crippen LogP) is 2.82. The van der Waals surface area contributed by atoms with Crippen molar-refractivity contribution >= 4 is 0 Å². The molecule has 3 nitrogen and oxygen atoms in total. The third kappa shape index (κ3) is 3.95. The summed E-state index contributed by atoms with van der Waals surface area (Å²) in [5.41, 5.74) is 7.94. The number of nitrogens with zero attached hydrogens (tertiary/aromatic N) is 1. The monoisotopic (exact) mass is 262 g/mol. The molecule has 1 aliphatic heterocycles. The summed E-state index contributed by atoms with van der Waals surface area (Å²) < 4.78 is 5.17. The molecule has 1 aromatic carbocycles. The highest BCUT2D eigenvalue weighted by atomic mass is 16.5. The van der Waals surface area contributed by atoms with Crippen LogP contribution in [0.15, 0.2) is 24.3 Å². The zero-order valence-electron chi connectivity index (χ0n) is 12.4. The van der Waals surface area contributed by atoms with Gasteiger partial charge in [0.1, 0.15) is 5.75 Å². The van der Waals surface area contributed by atoms with E-state index in [9.17, 15) is 0 Å². The van der Waals surface area contributed by atoms with E-state index in [1.165, 1.54) is 24.9 Å². The molecule has 2 N–H and O–H groups in total. The van der Waals surface area contributed by atoms with Crippen molar-refractivity contribution in [1.29, 1.82) is 0 Å². The van der Waals surface area contributed by atoms with Gasteiger partial charge in [-0.25, -0.2) is 0 Å². The first-order chi connectivity index (χ1) is 9.00. The second-order valence-electron chi connectivity index (χ2n) is 6.38. The van der Waals surface area contributed by atoms with Crippen LogP contribution in [0.3, 0.4) is 0 Å². The van der Waals surface area contributed by atoms with Crippen LogP contribution in [0.25, 0.3) is 0 Å². The SMILES string of the molecule is COc1ccc(C(N)CN2CCCC(C)(C)C2)cc1. The number of likely N-dealkylation sites (tertiary alicyclic amines) is 1. The van der Waals surface area contributed by atoms with Crippen molar-refractivity contribution in [2.45, 2.75) is 32.7 Å². The van der Waals surface area contributed by atoms with Crippen LogP contribution >= 0.6 is 0 Å². The van der Waals surface area contributed by atoms with E-state index in [1.807, 2.05) is 12.1 Å². The lowest BCUT2D eigenvalue weighted by atomic mass is 9.84. The Kier molecular flexibility index (Phi) is 4.48. The van der Waals surface area contributed by atoms with E-state index in [0.29, 0.717) is 5.41 Å². The molecule has 0 aliphatic carbocycles. The molecule has 0 spiro atoms. The summed E-state index contributed by atoms with van der Waals surface area (Å²) in [5, 5.41) is 0. The quantitative estimate of drug-likeness (QED) is 0.907. The number of hydrogen-bond donors (Lipinski definition) is 1. The van der Waals surface area contributed by atoms with E-state index >= 15 is 0 Å². The van der Waals surface area contributed by atoms with E-state index in [1.54, 1.807) is 7.11 Å². The molecule has 0 saturated carbocycles. The van der Waals surface area contributed by atoms with Crippen molar-refractivity contribution in [2.24, 2.45) is 11.1 Å². The molecule has 1 aliphatic rings. The molecule has 1 aromatic rings. The summed E-state index contributed by atoms with van der Waals surface area (Å²) in [7, 11) is 1.69. The molecule has 1 saturated heterocycles. The van der Waals surface area contributed by atoms with Gasteiger partial charge < -0.3 is 15.4 Å². The minimum atomic E-state index is 0.0832. The Labute approximate surface area is 116 Å². The summed E-state index contributed by atoms with van der Waals surface area (Å²) in [6, 6.07) is 8.18. The Morgan fingerprint density at radius 2 is 2.00 bits per heavy atom. The topological polar surface area (TPSA) is 38.5 Å². The molecule has 19 heavy (non-hydrogen) atoms. The van der Waals surface area contributed by atoms with Crippen molar-refractivity contribution in [3.8, 4) is 5.75 Å². The number of benzene rings is 1. The lowest BCUT2D eigenvalue weighted by Crippen LogP contribution is -2.43. The van der Waals surface area contributed by atoms with Gasteiger partial charge in [0, 0.05) is 19.1 Å². The lowest BCUT2D eigenvalue weighted by Gasteiger charge is -2.39. The van der Waals surface area contributed by atoms with Crippen molar-refractivity contribution in [3.63, 3.8) is 0 Å². The molecule has 3 heteroatoms. The average Bonchev–Trinajstić information content (AvgIpc) is 2.37. The Balaban J connectivity index is 1.94. The maximum absolute atomic E-state index is 6.32. The predicted molar refractivity (Wildman–Crippen MR) is 79.4 cm³/mol. The van der Waals surface area contributed by atoms with Gasteiger partial charge in [-0.2, -0.15) is 0 Å². The van der Waals surface area contributed by atoms with Crippen molar-refractivity contribution < 1.29 is 4.74 Å². The number of nitrogens with two attached hydrogens (primary N) is 1. The molecule has 1 unspecified atom stereocenters. The molecule has 0 amide bonds. The smallest absolute Gasteiger partial charge is 0.118 e. The highest BCUT2D eigenvalue weighted by Crippen LogP contribution is 2.29. The molecule has 0 radical (unpaired) electrons. The minimum Gasteiger partial charge on any atom is -0.497 e. The van der Waals surface area contributed by atoms with Gasteiger partial charge in [-0.15, -0.1) is 0 Å². The molecule has 106 valence electrons. The molecule has 0 aromatic heterocycles.